The van der Waals surface area contributed by atoms with Gasteiger partial charge in [0.1, 0.15) is 24.7 Å². The van der Waals surface area contributed by atoms with E-state index in [0.717, 1.165) is 56.1 Å². The molecule has 5 rings (SSSR count). The summed E-state index contributed by atoms with van der Waals surface area (Å²) >= 11 is 0. The fourth-order valence-corrected chi connectivity index (χ4v) is 4.59. The number of fused-ring (bicyclic) bond motifs is 1. The predicted octanol–water partition coefficient (Wildman–Crippen LogP) is 4.88. The highest BCUT2D eigenvalue weighted by atomic mass is 19.4. The molecule has 0 unspecified atom stereocenters. The average molecular weight is 544 g/mol. The molecular formula is C27H28F3N5O4. The van der Waals surface area contributed by atoms with E-state index in [1.54, 1.807) is 4.57 Å². The molecule has 9 nitrogen and oxygen atoms in total. The van der Waals surface area contributed by atoms with E-state index in [9.17, 15) is 23.3 Å². The first-order chi connectivity index (χ1) is 18.7. The molecule has 0 amide bonds. The van der Waals surface area contributed by atoms with E-state index in [1.807, 2.05) is 36.4 Å². The van der Waals surface area contributed by atoms with Gasteiger partial charge in [0.05, 0.1) is 5.56 Å². The topological polar surface area (TPSA) is 85.9 Å². The molecule has 2 aliphatic rings. The Morgan fingerprint density at radius 3 is 2.44 bits per heavy atom. The highest BCUT2D eigenvalue weighted by molar-refractivity contribution is 5.51. The maximum absolute atomic E-state index is 12.7. The number of hydrogen-bond donors (Lipinski definition) is 0. The van der Waals surface area contributed by atoms with Gasteiger partial charge >= 0.3 is 18.0 Å². The number of hydrogen-bond acceptors (Lipinski definition) is 7. The molecular weight excluding hydrogens is 515 g/mol. The first kappa shape index (κ1) is 26.5. The van der Waals surface area contributed by atoms with Crippen molar-refractivity contribution < 1.29 is 27.6 Å². The van der Waals surface area contributed by atoms with Crippen molar-refractivity contribution in [2.24, 2.45) is 0 Å². The molecule has 0 spiro atoms. The van der Waals surface area contributed by atoms with Crippen LogP contribution in [0.2, 0.25) is 0 Å². The van der Waals surface area contributed by atoms with Crippen molar-refractivity contribution in [1.29, 1.82) is 0 Å². The van der Waals surface area contributed by atoms with Crippen LogP contribution >= 0.6 is 0 Å². The number of imidazole rings is 1. The van der Waals surface area contributed by atoms with Crippen molar-refractivity contribution in [3.8, 4) is 11.8 Å². The maximum Gasteiger partial charge on any atom is 0.416 e. The van der Waals surface area contributed by atoms with E-state index < -0.39 is 16.7 Å². The van der Waals surface area contributed by atoms with Crippen molar-refractivity contribution in [3.63, 3.8) is 0 Å². The van der Waals surface area contributed by atoms with Crippen LogP contribution in [0.15, 0.2) is 60.8 Å². The van der Waals surface area contributed by atoms with Gasteiger partial charge in [-0.3, -0.25) is 9.47 Å². The third kappa shape index (κ3) is 6.69. The van der Waals surface area contributed by atoms with E-state index in [1.165, 1.54) is 18.3 Å². The Hall–Kier alpha value is -4.06. The van der Waals surface area contributed by atoms with Crippen LogP contribution in [0, 0.1) is 10.1 Å². The minimum Gasteiger partial charge on any atom is -0.490 e. The lowest BCUT2D eigenvalue weighted by molar-refractivity contribution is -0.389. The number of anilines is 1. The second-order valence-corrected chi connectivity index (χ2v) is 9.48. The molecule has 2 aliphatic heterocycles. The standard InChI is InChI=1S/C27H28F3N5O4/c28-27(29,30)21-5-3-20(4-6-21)2-1-12-32-14-16-33(17-15-32)22-7-9-23(10-8-22)38-19-24-11-13-34-18-25(35(36)37)31-26(34)39-24/h1-10,18,24H,11-17,19H2/b2-1+/t24-/m1/s1. The van der Waals surface area contributed by atoms with Crippen LogP contribution in [0.25, 0.3) is 6.08 Å². The lowest BCUT2D eigenvalue weighted by Crippen LogP contribution is -2.46. The fourth-order valence-electron chi connectivity index (χ4n) is 4.59. The largest absolute Gasteiger partial charge is 0.490 e. The van der Waals surface area contributed by atoms with Crippen LogP contribution < -0.4 is 14.4 Å². The van der Waals surface area contributed by atoms with E-state index in [-0.39, 0.29) is 17.9 Å². The van der Waals surface area contributed by atoms with Crippen LogP contribution in [0.1, 0.15) is 17.5 Å². The number of rotatable bonds is 8. The Morgan fingerprint density at radius 2 is 1.77 bits per heavy atom. The first-order valence-corrected chi connectivity index (χ1v) is 12.7. The van der Waals surface area contributed by atoms with Crippen molar-refractivity contribution >= 4 is 17.6 Å². The van der Waals surface area contributed by atoms with E-state index in [2.05, 4.69) is 14.8 Å². The van der Waals surface area contributed by atoms with E-state index >= 15 is 0 Å². The molecule has 1 aromatic heterocycles. The molecule has 3 aromatic rings. The summed E-state index contributed by atoms with van der Waals surface area (Å²) in [5.41, 5.74) is 1.21. The summed E-state index contributed by atoms with van der Waals surface area (Å²) in [6.45, 7) is 5.12. The molecule has 0 N–H and O–H groups in total. The Labute approximate surface area is 223 Å². The quantitative estimate of drug-likeness (QED) is 0.296. The van der Waals surface area contributed by atoms with Gasteiger partial charge in [0.2, 0.25) is 0 Å². The van der Waals surface area contributed by atoms with Crippen molar-refractivity contribution in [3.05, 3.63) is 82.0 Å². The molecule has 1 fully saturated rings. The van der Waals surface area contributed by atoms with Gasteiger partial charge in [-0.2, -0.15) is 13.2 Å². The number of nitrogens with zero attached hydrogens (tertiary/aromatic N) is 5. The Balaban J connectivity index is 1.04. The fraction of sp³-hybridized carbons (Fsp3) is 0.370. The van der Waals surface area contributed by atoms with Crippen molar-refractivity contribution in [1.82, 2.24) is 14.5 Å². The summed E-state index contributed by atoms with van der Waals surface area (Å²) in [6.07, 6.45) is 1.32. The number of aryl methyl sites for hydroxylation is 1. The summed E-state index contributed by atoms with van der Waals surface area (Å²) in [5, 5.41) is 10.9. The first-order valence-electron chi connectivity index (χ1n) is 12.7. The minimum atomic E-state index is -4.32. The van der Waals surface area contributed by atoms with Crippen LogP contribution in [-0.4, -0.2) is 64.8 Å². The van der Waals surface area contributed by atoms with Gasteiger partial charge in [-0.1, -0.05) is 24.3 Å². The average Bonchev–Trinajstić information content (AvgIpc) is 3.37. The third-order valence-corrected chi connectivity index (χ3v) is 6.80. The lowest BCUT2D eigenvalue weighted by Gasteiger charge is -2.35. The molecule has 0 radical (unpaired) electrons. The highest BCUT2D eigenvalue weighted by Crippen LogP contribution is 2.29. The van der Waals surface area contributed by atoms with Gasteiger partial charge in [0.25, 0.3) is 0 Å². The summed E-state index contributed by atoms with van der Waals surface area (Å²) in [6, 6.07) is 13.3. The van der Waals surface area contributed by atoms with Crippen LogP contribution in [-0.2, 0) is 12.7 Å². The molecule has 12 heteroatoms. The maximum atomic E-state index is 12.7. The number of aromatic nitrogens is 2. The number of alkyl halides is 3. The minimum absolute atomic E-state index is 0.224. The third-order valence-electron chi connectivity index (χ3n) is 6.80. The van der Waals surface area contributed by atoms with Crippen molar-refractivity contribution in [2.75, 3.05) is 44.2 Å². The SMILES string of the molecule is O=[N+]([O-])c1cn2c(n1)O[C@@H](COc1ccc(N3CCN(C/C=C/c4ccc(C(F)(F)F)cc4)CC3)cc1)CC2. The molecule has 0 saturated carbocycles. The zero-order valence-electron chi connectivity index (χ0n) is 21.1. The number of ether oxygens (including phenoxy) is 2. The Bertz CT molecular complexity index is 1300. The number of piperazine rings is 1. The molecule has 1 atom stereocenters. The molecule has 0 aliphatic carbocycles. The molecule has 3 heterocycles. The molecule has 2 aromatic carbocycles. The Morgan fingerprint density at radius 1 is 1.05 bits per heavy atom. The molecule has 39 heavy (non-hydrogen) atoms. The second kappa shape index (κ2) is 11.4. The van der Waals surface area contributed by atoms with Gasteiger partial charge in [0.15, 0.2) is 0 Å². The second-order valence-electron chi connectivity index (χ2n) is 9.48. The number of halogens is 3. The molecule has 206 valence electrons. The van der Waals surface area contributed by atoms with E-state index in [0.29, 0.717) is 25.3 Å². The monoisotopic (exact) mass is 543 g/mol. The number of benzene rings is 2. The van der Waals surface area contributed by atoms with Gasteiger partial charge in [-0.05, 0) is 46.9 Å². The summed E-state index contributed by atoms with van der Waals surface area (Å²) in [4.78, 5) is 18.9. The lowest BCUT2D eigenvalue weighted by atomic mass is 10.1. The van der Waals surface area contributed by atoms with E-state index in [4.69, 9.17) is 9.47 Å². The van der Waals surface area contributed by atoms with Crippen LogP contribution in [0.4, 0.5) is 24.7 Å². The van der Waals surface area contributed by atoms with Crippen molar-refractivity contribution in [2.45, 2.75) is 25.2 Å². The summed E-state index contributed by atoms with van der Waals surface area (Å²) in [7, 11) is 0. The zero-order chi connectivity index (χ0) is 27.4. The zero-order valence-corrected chi connectivity index (χ0v) is 21.1. The van der Waals surface area contributed by atoms with Crippen LogP contribution in [0.5, 0.6) is 11.8 Å². The molecule has 0 bridgehead atoms. The highest BCUT2D eigenvalue weighted by Gasteiger charge is 2.30. The van der Waals surface area contributed by atoms with Gasteiger partial charge in [-0.15, -0.1) is 0 Å². The Kier molecular flexibility index (Phi) is 7.73. The van der Waals surface area contributed by atoms with Gasteiger partial charge in [-0.25, -0.2) is 0 Å². The summed E-state index contributed by atoms with van der Waals surface area (Å²) in [5.74, 6) is 0.492. The van der Waals surface area contributed by atoms with Gasteiger partial charge in [0, 0.05) is 56.4 Å². The van der Waals surface area contributed by atoms with Crippen LogP contribution in [0.3, 0.4) is 0 Å². The predicted molar refractivity (Wildman–Crippen MR) is 139 cm³/mol. The van der Waals surface area contributed by atoms with Gasteiger partial charge < -0.3 is 24.5 Å². The smallest absolute Gasteiger partial charge is 0.416 e. The normalized spacial score (nSPS) is 18.1. The number of nitro groups is 1. The summed E-state index contributed by atoms with van der Waals surface area (Å²) < 4.78 is 51.4. The molecule has 1 saturated heterocycles.